The number of piperidine rings is 2. The number of benzene rings is 2. The van der Waals surface area contributed by atoms with Gasteiger partial charge in [-0.1, -0.05) is 47.5 Å². The summed E-state index contributed by atoms with van der Waals surface area (Å²) in [6, 6.07) is 15.5. The molecule has 12 nitrogen and oxygen atoms in total. The van der Waals surface area contributed by atoms with Gasteiger partial charge in [0.15, 0.2) is 0 Å². The molecule has 0 spiro atoms. The van der Waals surface area contributed by atoms with Crippen molar-refractivity contribution in [2.45, 2.75) is 63.9 Å². The second kappa shape index (κ2) is 15.6. The number of para-hydroxylation sites is 2. The maximum absolute atomic E-state index is 12.8. The number of rotatable bonds is 4. The highest BCUT2D eigenvalue weighted by Crippen LogP contribution is 2.34. The number of carbonyl (C=O) groups is 1. The normalized spacial score (nSPS) is 15.8. The number of ether oxygens (including phenoxy) is 1. The number of carbonyl (C=O) groups excluding carboxylic acids is 1. The van der Waals surface area contributed by atoms with Crippen molar-refractivity contribution < 1.29 is 9.53 Å². The maximum atomic E-state index is 12.8. The van der Waals surface area contributed by atoms with Crippen LogP contribution in [0.1, 0.15) is 69.9 Å². The van der Waals surface area contributed by atoms with Gasteiger partial charge in [-0.25, -0.2) is 24.7 Å². The first-order chi connectivity index (χ1) is 25.4. The Morgan fingerprint density at radius 2 is 1.19 bits per heavy atom. The molecule has 4 aromatic heterocycles. The third kappa shape index (κ3) is 8.47. The molecular formula is C37H38Cl2N8O4S2. The van der Waals surface area contributed by atoms with Crippen LogP contribution in [0.2, 0.25) is 10.3 Å². The van der Waals surface area contributed by atoms with Gasteiger partial charge in [0.25, 0.3) is 11.1 Å². The summed E-state index contributed by atoms with van der Waals surface area (Å²) in [6.07, 6.45) is 2.96. The number of nitrogens with zero attached hydrogens (tertiary/aromatic N) is 5. The van der Waals surface area contributed by atoms with Crippen LogP contribution in [0.25, 0.3) is 41.6 Å². The first kappa shape index (κ1) is 37.1. The number of amides is 1. The monoisotopic (exact) mass is 792 g/mol. The maximum Gasteiger partial charge on any atom is 0.410 e. The molecule has 2 fully saturated rings. The quantitative estimate of drug-likeness (QED) is 0.151. The summed E-state index contributed by atoms with van der Waals surface area (Å²) in [5.41, 5.74) is 1.33. The van der Waals surface area contributed by atoms with Crippen LogP contribution in [0.15, 0.2) is 58.1 Å². The van der Waals surface area contributed by atoms with Crippen molar-refractivity contribution in [3.63, 3.8) is 0 Å². The van der Waals surface area contributed by atoms with Crippen LogP contribution in [0.5, 0.6) is 0 Å². The molecule has 2 aromatic carbocycles. The van der Waals surface area contributed by atoms with Crippen LogP contribution in [-0.4, -0.2) is 72.7 Å². The molecule has 6 heterocycles. The molecule has 0 radical (unpaired) electrons. The minimum absolute atomic E-state index is 0.0262. The zero-order valence-corrected chi connectivity index (χ0v) is 32.5. The van der Waals surface area contributed by atoms with Crippen molar-refractivity contribution in [3.8, 4) is 21.1 Å². The van der Waals surface area contributed by atoms with Crippen molar-refractivity contribution in [1.82, 2.24) is 40.1 Å². The molecule has 2 aliphatic rings. The molecule has 3 N–H and O–H groups in total. The Balaban J connectivity index is 0.000000170. The van der Waals surface area contributed by atoms with Crippen LogP contribution < -0.4 is 16.4 Å². The molecule has 0 atom stereocenters. The fourth-order valence-electron chi connectivity index (χ4n) is 6.40. The van der Waals surface area contributed by atoms with Gasteiger partial charge >= 0.3 is 6.09 Å². The number of hydrogen-bond acceptors (Lipinski definition) is 11. The third-order valence-corrected chi connectivity index (χ3v) is 11.7. The van der Waals surface area contributed by atoms with E-state index in [0.29, 0.717) is 58.7 Å². The summed E-state index contributed by atoms with van der Waals surface area (Å²) in [4.78, 5) is 63.1. The van der Waals surface area contributed by atoms with E-state index in [4.69, 9.17) is 27.9 Å². The van der Waals surface area contributed by atoms with Gasteiger partial charge in [0.2, 0.25) is 0 Å². The molecule has 0 bridgehead atoms. The first-order valence-electron chi connectivity index (χ1n) is 17.4. The predicted molar refractivity (Wildman–Crippen MR) is 212 cm³/mol. The van der Waals surface area contributed by atoms with Crippen LogP contribution in [0, 0.1) is 0 Å². The fraction of sp³-hybridized carbons (Fsp3) is 0.378. The number of aromatic amines is 2. The summed E-state index contributed by atoms with van der Waals surface area (Å²) in [5, 5.41) is 4.87. The van der Waals surface area contributed by atoms with Crippen molar-refractivity contribution in [2.75, 3.05) is 26.2 Å². The van der Waals surface area contributed by atoms with E-state index in [2.05, 4.69) is 35.2 Å². The van der Waals surface area contributed by atoms with Crippen molar-refractivity contribution in [1.29, 1.82) is 0 Å². The summed E-state index contributed by atoms with van der Waals surface area (Å²) in [6.45, 7) is 8.50. The minimum Gasteiger partial charge on any atom is -0.444 e. The lowest BCUT2D eigenvalue weighted by Crippen LogP contribution is -2.41. The van der Waals surface area contributed by atoms with Crippen LogP contribution >= 0.6 is 45.9 Å². The molecule has 2 saturated heterocycles. The Kier molecular flexibility index (Phi) is 11.0. The van der Waals surface area contributed by atoms with Gasteiger partial charge in [-0.2, -0.15) is 0 Å². The second-order valence-electron chi connectivity index (χ2n) is 14.0. The number of halogens is 2. The number of H-pyrrole nitrogens is 2. The average molecular weight is 794 g/mol. The van der Waals surface area contributed by atoms with Crippen LogP contribution in [-0.2, 0) is 4.74 Å². The largest absolute Gasteiger partial charge is 0.444 e. The highest BCUT2D eigenvalue weighted by Gasteiger charge is 2.29. The summed E-state index contributed by atoms with van der Waals surface area (Å²) in [5.74, 6) is 1.52. The molecule has 276 valence electrons. The van der Waals surface area contributed by atoms with E-state index in [1.807, 2.05) is 69.3 Å². The van der Waals surface area contributed by atoms with Crippen LogP contribution in [0.3, 0.4) is 0 Å². The summed E-state index contributed by atoms with van der Waals surface area (Å²) >= 11 is 15.6. The van der Waals surface area contributed by atoms with E-state index in [9.17, 15) is 14.4 Å². The lowest BCUT2D eigenvalue weighted by Gasteiger charge is -2.33. The molecule has 8 rings (SSSR count). The Morgan fingerprint density at radius 3 is 1.62 bits per heavy atom. The highest BCUT2D eigenvalue weighted by molar-refractivity contribution is 7.22. The summed E-state index contributed by atoms with van der Waals surface area (Å²) in [7, 11) is 0. The second-order valence-corrected chi connectivity index (χ2v) is 16.8. The molecule has 16 heteroatoms. The van der Waals surface area contributed by atoms with Crippen molar-refractivity contribution in [2.24, 2.45) is 0 Å². The number of likely N-dealkylation sites (tertiary alicyclic amines) is 1. The van der Waals surface area contributed by atoms with Gasteiger partial charge in [-0.05, 0) is 83.8 Å². The van der Waals surface area contributed by atoms with Gasteiger partial charge < -0.3 is 24.9 Å². The Morgan fingerprint density at radius 1 is 0.736 bits per heavy atom. The third-order valence-electron chi connectivity index (χ3n) is 9.06. The van der Waals surface area contributed by atoms with E-state index < -0.39 is 5.60 Å². The molecular weight excluding hydrogens is 755 g/mol. The molecule has 6 aromatic rings. The Hall–Kier alpha value is -4.21. The minimum atomic E-state index is -0.523. The van der Waals surface area contributed by atoms with E-state index >= 15 is 0 Å². The van der Waals surface area contributed by atoms with E-state index in [1.165, 1.54) is 22.7 Å². The lowest BCUT2D eigenvalue weighted by atomic mass is 9.96. The fourth-order valence-corrected chi connectivity index (χ4v) is 9.06. The Labute approximate surface area is 323 Å². The van der Waals surface area contributed by atoms with Gasteiger partial charge in [-0.15, -0.1) is 22.7 Å². The number of aromatic nitrogens is 6. The highest BCUT2D eigenvalue weighted by atomic mass is 35.5. The Bertz CT molecular complexity index is 2320. The molecule has 0 unspecified atom stereocenters. The SMILES string of the molecule is CC(C)(C)OC(=O)N1CCC(c2nc(Cl)c(-c3nc4ccccc4s3)c(=O)[nH]2)CC1.O=c1[nH]c(C2CCNCC2)nc(Cl)c1-c1nc2ccccc2s1. The predicted octanol–water partition coefficient (Wildman–Crippen LogP) is 7.98. The summed E-state index contributed by atoms with van der Waals surface area (Å²) < 4.78 is 7.45. The number of hydrogen-bond donors (Lipinski definition) is 3. The average Bonchev–Trinajstić information content (AvgIpc) is 3.75. The first-order valence-corrected chi connectivity index (χ1v) is 19.8. The molecule has 0 saturated carbocycles. The van der Waals surface area contributed by atoms with E-state index in [1.54, 1.807) is 4.90 Å². The number of nitrogens with one attached hydrogen (secondary N) is 3. The molecule has 0 aliphatic carbocycles. The molecule has 1 amide bonds. The lowest BCUT2D eigenvalue weighted by molar-refractivity contribution is 0.0203. The van der Waals surface area contributed by atoms with Crippen LogP contribution in [0.4, 0.5) is 4.79 Å². The van der Waals surface area contributed by atoms with Gasteiger partial charge in [-0.3, -0.25) is 9.59 Å². The molecule has 53 heavy (non-hydrogen) atoms. The van der Waals surface area contributed by atoms with Gasteiger partial charge in [0, 0.05) is 24.9 Å². The van der Waals surface area contributed by atoms with Crippen molar-refractivity contribution in [3.05, 3.63) is 91.2 Å². The smallest absolute Gasteiger partial charge is 0.410 e. The van der Waals surface area contributed by atoms with Gasteiger partial charge in [0.05, 0.1) is 20.4 Å². The van der Waals surface area contributed by atoms with Gasteiger partial charge in [0.1, 0.15) is 48.7 Å². The zero-order valence-electron chi connectivity index (χ0n) is 29.4. The van der Waals surface area contributed by atoms with E-state index in [-0.39, 0.29) is 39.4 Å². The van der Waals surface area contributed by atoms with Crippen molar-refractivity contribution >= 4 is 72.4 Å². The zero-order chi connectivity index (χ0) is 37.3. The van der Waals surface area contributed by atoms with E-state index in [0.717, 1.165) is 46.4 Å². The molecule has 2 aliphatic heterocycles. The number of fused-ring (bicyclic) bond motifs is 2. The standard InChI is InChI=1S/C21H23ClN4O3S.C16H15ClN4OS/c1-21(2,3)29-20(28)26-10-8-12(9-11-26)17-24-16(22)15(18(27)25-17)19-23-13-6-4-5-7-14(13)30-19;17-13-12(16-19-10-3-1-2-4-11(10)23-16)15(22)21-14(20-13)9-5-7-18-8-6-9/h4-7,12H,8-11H2,1-3H3,(H,24,25,27);1-4,9,18H,5-8H2,(H,20,21,22). The topological polar surface area (TPSA) is 159 Å². The number of thiazole rings is 2.